The van der Waals surface area contributed by atoms with Gasteiger partial charge in [-0.1, -0.05) is 39.0 Å². The molecular weight excluding hydrogens is 519 g/mol. The number of imidazole rings is 1. The molecule has 0 radical (unpaired) electrons. The van der Waals surface area contributed by atoms with Crippen molar-refractivity contribution < 1.29 is 23.9 Å². The molecule has 2 atom stereocenters. The molecule has 1 aromatic carbocycles. The van der Waals surface area contributed by atoms with Crippen LogP contribution in [0.25, 0.3) is 11.0 Å². The van der Waals surface area contributed by atoms with Gasteiger partial charge in [-0.3, -0.25) is 14.4 Å². The first-order chi connectivity index (χ1) is 18.8. The molecule has 0 saturated heterocycles. The standard InChI is InChI=1S/C28H35FN6O5/c1-28(2,3)24(29)17-10-8-12-18-23(17)33-21(30-18)16-35-15-9-13-20(26(35)38)31-25(37)19(32-27(39)40)11-6-7-14-22(36)34(4)5/h7-10,12-15,19,24,32H,6,11,16H2,1-5H3,(H,30,33)(H,31,37)(H,39,40)/b14-7+. The number of carboxylic acid groups (broad SMARTS) is 1. The summed E-state index contributed by atoms with van der Waals surface area (Å²) in [7, 11) is 3.19. The fourth-order valence-corrected chi connectivity index (χ4v) is 4.00. The van der Waals surface area contributed by atoms with Crippen LogP contribution in [-0.2, 0) is 16.1 Å². The number of aromatic nitrogens is 3. The van der Waals surface area contributed by atoms with Gasteiger partial charge in [0.1, 0.15) is 23.7 Å². The first kappa shape index (κ1) is 30.1. The average molecular weight is 555 g/mol. The van der Waals surface area contributed by atoms with Crippen LogP contribution in [0.2, 0.25) is 0 Å². The Morgan fingerprint density at radius 1 is 1.20 bits per heavy atom. The van der Waals surface area contributed by atoms with Crippen molar-refractivity contribution in [2.45, 2.75) is 52.4 Å². The van der Waals surface area contributed by atoms with Gasteiger partial charge in [0, 0.05) is 25.9 Å². The molecule has 2 heterocycles. The van der Waals surface area contributed by atoms with Gasteiger partial charge in [0.2, 0.25) is 11.8 Å². The number of carbonyl (C=O) groups excluding carboxylic acids is 2. The monoisotopic (exact) mass is 554 g/mol. The summed E-state index contributed by atoms with van der Waals surface area (Å²) < 4.78 is 16.5. The molecule has 12 heteroatoms. The molecule has 11 nitrogen and oxygen atoms in total. The maximum atomic E-state index is 15.1. The van der Waals surface area contributed by atoms with E-state index in [0.717, 1.165) is 0 Å². The van der Waals surface area contributed by atoms with Gasteiger partial charge in [0.05, 0.1) is 17.6 Å². The van der Waals surface area contributed by atoms with E-state index in [4.69, 9.17) is 5.11 Å². The topological polar surface area (TPSA) is 149 Å². The first-order valence-corrected chi connectivity index (χ1v) is 12.8. The van der Waals surface area contributed by atoms with E-state index in [1.54, 1.807) is 44.4 Å². The van der Waals surface area contributed by atoms with Crippen LogP contribution in [0.4, 0.5) is 14.9 Å². The summed E-state index contributed by atoms with van der Waals surface area (Å²) in [6.45, 7) is 5.46. The van der Waals surface area contributed by atoms with Gasteiger partial charge in [0.25, 0.3) is 5.56 Å². The Hall–Kier alpha value is -4.48. The van der Waals surface area contributed by atoms with Crippen molar-refractivity contribution in [3.63, 3.8) is 0 Å². The number of pyridine rings is 1. The molecule has 0 aliphatic carbocycles. The van der Waals surface area contributed by atoms with Gasteiger partial charge in [0.15, 0.2) is 0 Å². The Kier molecular flexibility index (Phi) is 9.46. The number of benzene rings is 1. The number of aromatic amines is 1. The zero-order chi connectivity index (χ0) is 29.6. The largest absolute Gasteiger partial charge is 0.465 e. The van der Waals surface area contributed by atoms with Crippen LogP contribution in [0.5, 0.6) is 0 Å². The van der Waals surface area contributed by atoms with Gasteiger partial charge >= 0.3 is 6.09 Å². The van der Waals surface area contributed by atoms with E-state index < -0.39 is 35.2 Å². The minimum atomic E-state index is -1.40. The van der Waals surface area contributed by atoms with Crippen LogP contribution in [-0.4, -0.2) is 62.6 Å². The average Bonchev–Trinajstić information content (AvgIpc) is 3.29. The number of alkyl halides is 1. The van der Waals surface area contributed by atoms with E-state index in [2.05, 4.69) is 20.6 Å². The van der Waals surface area contributed by atoms with Crippen LogP contribution in [0, 0.1) is 5.41 Å². The number of nitrogens with zero attached hydrogens (tertiary/aromatic N) is 3. The third-order valence-corrected chi connectivity index (χ3v) is 6.16. The van der Waals surface area contributed by atoms with Crippen LogP contribution >= 0.6 is 0 Å². The summed E-state index contributed by atoms with van der Waals surface area (Å²) >= 11 is 0. The quantitative estimate of drug-likeness (QED) is 0.280. The van der Waals surface area contributed by atoms with E-state index in [-0.39, 0.29) is 31.0 Å². The number of carbonyl (C=O) groups is 3. The van der Waals surface area contributed by atoms with Gasteiger partial charge in [-0.25, -0.2) is 14.2 Å². The third kappa shape index (κ3) is 7.55. The summed E-state index contributed by atoms with van der Waals surface area (Å²) in [6, 6.07) is 7.05. The van der Waals surface area contributed by atoms with Crippen LogP contribution in [0.15, 0.2) is 53.5 Å². The number of rotatable bonds is 10. The molecule has 2 unspecified atom stereocenters. The van der Waals surface area contributed by atoms with Crippen LogP contribution in [0.3, 0.4) is 0 Å². The molecule has 3 rings (SSSR count). The van der Waals surface area contributed by atoms with Gasteiger partial charge < -0.3 is 30.2 Å². The van der Waals surface area contributed by atoms with Crippen LogP contribution in [0.1, 0.15) is 51.2 Å². The molecule has 0 aliphatic heterocycles. The Morgan fingerprint density at radius 2 is 1.93 bits per heavy atom. The molecule has 0 fully saturated rings. The predicted molar refractivity (Wildman–Crippen MR) is 150 cm³/mol. The third-order valence-electron chi connectivity index (χ3n) is 6.16. The molecule has 0 saturated carbocycles. The predicted octanol–water partition coefficient (Wildman–Crippen LogP) is 3.83. The van der Waals surface area contributed by atoms with Gasteiger partial charge in [-0.2, -0.15) is 0 Å². The summed E-state index contributed by atoms with van der Waals surface area (Å²) in [5.41, 5.74) is 0.391. The number of anilines is 1. The van der Waals surface area contributed by atoms with Crippen molar-refractivity contribution in [2.75, 3.05) is 19.4 Å². The summed E-state index contributed by atoms with van der Waals surface area (Å²) in [6.07, 6.45) is 2.09. The van der Waals surface area contributed by atoms with E-state index in [1.807, 2.05) is 20.8 Å². The number of hydrogen-bond donors (Lipinski definition) is 4. The maximum absolute atomic E-state index is 15.1. The first-order valence-electron chi connectivity index (χ1n) is 12.8. The summed E-state index contributed by atoms with van der Waals surface area (Å²) in [5, 5.41) is 13.8. The summed E-state index contributed by atoms with van der Waals surface area (Å²) in [4.78, 5) is 58.0. The Morgan fingerprint density at radius 3 is 2.58 bits per heavy atom. The maximum Gasteiger partial charge on any atom is 0.405 e. The Labute approximate surface area is 231 Å². The Bertz CT molecular complexity index is 1470. The highest BCUT2D eigenvalue weighted by Crippen LogP contribution is 2.38. The zero-order valence-corrected chi connectivity index (χ0v) is 23.2. The fourth-order valence-electron chi connectivity index (χ4n) is 4.00. The molecule has 0 aliphatic rings. The molecule has 214 valence electrons. The van der Waals surface area contributed by atoms with Crippen molar-refractivity contribution in [3.05, 3.63) is 70.4 Å². The molecule has 40 heavy (non-hydrogen) atoms. The number of likely N-dealkylation sites (N-methyl/N-ethyl adjacent to an activating group) is 1. The van der Waals surface area contributed by atoms with Crippen molar-refractivity contribution in [1.82, 2.24) is 24.8 Å². The molecule has 0 spiro atoms. The number of H-pyrrole nitrogens is 1. The molecular formula is C28H35FN6O5. The highest BCUT2D eigenvalue weighted by Gasteiger charge is 2.28. The minimum absolute atomic E-state index is 0.0324. The lowest BCUT2D eigenvalue weighted by Gasteiger charge is -2.24. The van der Waals surface area contributed by atoms with Crippen molar-refractivity contribution >= 4 is 34.6 Å². The number of allylic oxidation sites excluding steroid dienone is 1. The minimum Gasteiger partial charge on any atom is -0.465 e. The number of hydrogen-bond acceptors (Lipinski definition) is 5. The SMILES string of the molecule is CN(C)C(=O)/C=C/CCC(NC(=O)O)C(=O)Nc1cccn(Cc2nc3c(C(F)C(C)(C)C)cccc3[nH]2)c1=O. The van der Waals surface area contributed by atoms with Gasteiger partial charge in [-0.15, -0.1) is 0 Å². The van der Waals surface area contributed by atoms with Crippen LogP contribution < -0.4 is 16.2 Å². The summed E-state index contributed by atoms with van der Waals surface area (Å²) in [5.74, 6) is -0.524. The normalized spacial score (nSPS) is 13.2. The lowest BCUT2D eigenvalue weighted by molar-refractivity contribution is -0.123. The van der Waals surface area contributed by atoms with E-state index >= 15 is 4.39 Å². The Balaban J connectivity index is 1.78. The van der Waals surface area contributed by atoms with E-state index in [0.29, 0.717) is 22.4 Å². The van der Waals surface area contributed by atoms with Gasteiger partial charge in [-0.05, 0) is 42.5 Å². The lowest BCUT2D eigenvalue weighted by Crippen LogP contribution is -2.44. The highest BCUT2D eigenvalue weighted by atomic mass is 19.1. The number of halogens is 1. The smallest absolute Gasteiger partial charge is 0.405 e. The number of nitrogens with one attached hydrogen (secondary N) is 3. The molecule has 0 bridgehead atoms. The highest BCUT2D eigenvalue weighted by molar-refractivity contribution is 5.96. The van der Waals surface area contributed by atoms with E-state index in [1.165, 1.54) is 27.8 Å². The number of fused-ring (bicyclic) bond motifs is 1. The molecule has 4 N–H and O–H groups in total. The lowest BCUT2D eigenvalue weighted by atomic mass is 9.85. The van der Waals surface area contributed by atoms with E-state index in [9.17, 15) is 19.2 Å². The van der Waals surface area contributed by atoms with Crippen molar-refractivity contribution in [3.8, 4) is 0 Å². The van der Waals surface area contributed by atoms with Crippen molar-refractivity contribution in [1.29, 1.82) is 0 Å². The number of amides is 3. The second kappa shape index (κ2) is 12.6. The fraction of sp³-hybridized carbons (Fsp3) is 0.393. The molecule has 2 aromatic heterocycles. The number of para-hydroxylation sites is 1. The molecule has 3 aromatic rings. The second-order valence-electron chi connectivity index (χ2n) is 10.7. The second-order valence-corrected chi connectivity index (χ2v) is 10.7. The molecule has 3 amide bonds. The van der Waals surface area contributed by atoms with Crippen molar-refractivity contribution in [2.24, 2.45) is 5.41 Å². The zero-order valence-electron chi connectivity index (χ0n) is 23.2.